The van der Waals surface area contributed by atoms with Gasteiger partial charge >= 0.3 is 0 Å². The highest BCUT2D eigenvalue weighted by molar-refractivity contribution is 6.07. The SMILES string of the molecule is COc1ccc(-c2ccccc2)cc1NC(=O)c1nc(C2CCNCC2)oc1-c1ccc(NC(C)=O)cc1. The largest absolute Gasteiger partial charge is 0.495 e. The van der Waals surface area contributed by atoms with Crippen LogP contribution in [0.2, 0.25) is 0 Å². The van der Waals surface area contributed by atoms with Crippen LogP contribution in [-0.4, -0.2) is 37.0 Å². The first-order chi connectivity index (χ1) is 18.5. The van der Waals surface area contributed by atoms with Crippen molar-refractivity contribution in [2.24, 2.45) is 0 Å². The Labute approximate surface area is 221 Å². The Bertz CT molecular complexity index is 1420. The molecule has 1 aliphatic heterocycles. The molecule has 194 valence electrons. The van der Waals surface area contributed by atoms with Crippen LogP contribution in [-0.2, 0) is 4.79 Å². The first kappa shape index (κ1) is 25.2. The summed E-state index contributed by atoms with van der Waals surface area (Å²) in [6.45, 7) is 3.21. The van der Waals surface area contributed by atoms with Gasteiger partial charge in [0, 0.05) is 24.1 Å². The molecule has 2 amide bonds. The zero-order valence-corrected chi connectivity index (χ0v) is 21.4. The number of amides is 2. The van der Waals surface area contributed by atoms with E-state index in [1.807, 2.05) is 60.7 Å². The van der Waals surface area contributed by atoms with E-state index < -0.39 is 5.91 Å². The first-order valence-corrected chi connectivity index (χ1v) is 12.7. The lowest BCUT2D eigenvalue weighted by Crippen LogP contribution is -2.26. The molecule has 38 heavy (non-hydrogen) atoms. The van der Waals surface area contributed by atoms with E-state index in [0.717, 1.165) is 37.1 Å². The predicted octanol–water partition coefficient (Wildman–Crippen LogP) is 5.69. The maximum absolute atomic E-state index is 13.7. The number of ether oxygens (including phenoxy) is 1. The van der Waals surface area contributed by atoms with Gasteiger partial charge in [0.25, 0.3) is 5.91 Å². The molecule has 8 nitrogen and oxygen atoms in total. The van der Waals surface area contributed by atoms with Gasteiger partial charge in [0.05, 0.1) is 12.8 Å². The average Bonchev–Trinajstić information content (AvgIpc) is 3.40. The van der Waals surface area contributed by atoms with E-state index in [9.17, 15) is 9.59 Å². The van der Waals surface area contributed by atoms with Crippen molar-refractivity contribution in [2.45, 2.75) is 25.7 Å². The van der Waals surface area contributed by atoms with Gasteiger partial charge < -0.3 is 25.1 Å². The van der Waals surface area contributed by atoms with Crippen molar-refractivity contribution < 1.29 is 18.7 Å². The zero-order chi connectivity index (χ0) is 26.5. The van der Waals surface area contributed by atoms with E-state index >= 15 is 0 Å². The van der Waals surface area contributed by atoms with E-state index in [0.29, 0.717) is 34.3 Å². The molecule has 0 unspecified atom stereocenters. The van der Waals surface area contributed by atoms with E-state index in [2.05, 4.69) is 16.0 Å². The van der Waals surface area contributed by atoms with Gasteiger partial charge in [-0.1, -0.05) is 36.4 Å². The van der Waals surface area contributed by atoms with E-state index in [1.165, 1.54) is 6.92 Å². The summed E-state index contributed by atoms with van der Waals surface area (Å²) in [7, 11) is 1.57. The molecule has 0 radical (unpaired) electrons. The van der Waals surface area contributed by atoms with Crippen LogP contribution in [0.5, 0.6) is 5.75 Å². The number of rotatable bonds is 7. The number of hydrogen-bond donors (Lipinski definition) is 3. The van der Waals surface area contributed by atoms with E-state index in [4.69, 9.17) is 14.1 Å². The smallest absolute Gasteiger partial charge is 0.278 e. The lowest BCUT2D eigenvalue weighted by molar-refractivity contribution is -0.114. The highest BCUT2D eigenvalue weighted by atomic mass is 16.5. The Morgan fingerprint density at radius 3 is 2.32 bits per heavy atom. The second-order valence-electron chi connectivity index (χ2n) is 9.25. The number of benzene rings is 3. The third-order valence-electron chi connectivity index (χ3n) is 6.57. The van der Waals surface area contributed by atoms with Crippen molar-refractivity contribution in [1.82, 2.24) is 10.3 Å². The number of oxazole rings is 1. The highest BCUT2D eigenvalue weighted by Crippen LogP contribution is 2.35. The van der Waals surface area contributed by atoms with Crippen LogP contribution in [0, 0.1) is 0 Å². The normalized spacial score (nSPS) is 13.6. The number of nitrogens with zero attached hydrogens (tertiary/aromatic N) is 1. The van der Waals surface area contributed by atoms with Gasteiger partial charge in [-0.25, -0.2) is 4.98 Å². The second kappa shape index (κ2) is 11.3. The van der Waals surface area contributed by atoms with Gasteiger partial charge in [-0.2, -0.15) is 0 Å². The van der Waals surface area contributed by atoms with Crippen LogP contribution >= 0.6 is 0 Å². The molecule has 0 saturated carbocycles. The third kappa shape index (κ3) is 5.60. The molecule has 3 aromatic carbocycles. The maximum atomic E-state index is 13.7. The summed E-state index contributed by atoms with van der Waals surface area (Å²) >= 11 is 0. The Morgan fingerprint density at radius 1 is 0.921 bits per heavy atom. The second-order valence-corrected chi connectivity index (χ2v) is 9.25. The topological polar surface area (TPSA) is 105 Å². The highest BCUT2D eigenvalue weighted by Gasteiger charge is 2.27. The number of hydrogen-bond acceptors (Lipinski definition) is 6. The fourth-order valence-electron chi connectivity index (χ4n) is 4.64. The minimum Gasteiger partial charge on any atom is -0.495 e. The molecule has 0 bridgehead atoms. The first-order valence-electron chi connectivity index (χ1n) is 12.7. The minimum absolute atomic E-state index is 0.131. The lowest BCUT2D eigenvalue weighted by Gasteiger charge is -2.19. The molecule has 1 aliphatic rings. The van der Waals surface area contributed by atoms with Gasteiger partial charge in [0.2, 0.25) is 5.91 Å². The molecular formula is C30H30N4O4. The fraction of sp³-hybridized carbons (Fsp3) is 0.233. The van der Waals surface area contributed by atoms with E-state index in [1.54, 1.807) is 19.2 Å². The Morgan fingerprint density at radius 2 is 1.63 bits per heavy atom. The molecular weight excluding hydrogens is 480 g/mol. The number of carbonyl (C=O) groups excluding carboxylic acids is 2. The number of nitrogens with one attached hydrogen (secondary N) is 3. The zero-order valence-electron chi connectivity index (χ0n) is 21.4. The fourth-order valence-corrected chi connectivity index (χ4v) is 4.64. The molecule has 0 aliphatic carbocycles. The number of carbonyl (C=O) groups is 2. The molecule has 1 aromatic heterocycles. The molecule has 8 heteroatoms. The maximum Gasteiger partial charge on any atom is 0.278 e. The Kier molecular flexibility index (Phi) is 7.51. The van der Waals surface area contributed by atoms with Gasteiger partial charge in [0.15, 0.2) is 17.3 Å². The molecule has 4 aromatic rings. The molecule has 1 saturated heterocycles. The van der Waals surface area contributed by atoms with Crippen molar-refractivity contribution in [3.63, 3.8) is 0 Å². The van der Waals surface area contributed by atoms with Crippen LogP contribution in [0.25, 0.3) is 22.5 Å². The third-order valence-corrected chi connectivity index (χ3v) is 6.57. The van der Waals surface area contributed by atoms with Crippen molar-refractivity contribution in [2.75, 3.05) is 30.8 Å². The predicted molar refractivity (Wildman–Crippen MR) is 147 cm³/mol. The molecule has 3 N–H and O–H groups in total. The summed E-state index contributed by atoms with van der Waals surface area (Å²) in [5.74, 6) is 1.08. The molecule has 0 atom stereocenters. The van der Waals surface area contributed by atoms with Crippen molar-refractivity contribution >= 4 is 23.2 Å². The quantitative estimate of drug-likeness (QED) is 0.295. The van der Waals surface area contributed by atoms with E-state index in [-0.39, 0.29) is 17.5 Å². The van der Waals surface area contributed by atoms with Crippen LogP contribution in [0.4, 0.5) is 11.4 Å². The van der Waals surface area contributed by atoms with Crippen LogP contribution in [0.3, 0.4) is 0 Å². The minimum atomic E-state index is -0.390. The van der Waals surface area contributed by atoms with Crippen LogP contribution < -0.4 is 20.7 Å². The standard InChI is InChI=1S/C30H30N4O4/c1-19(35)32-24-11-8-21(9-12-24)28-27(34-30(38-28)22-14-16-31-17-15-22)29(36)33-25-18-23(10-13-26(25)37-2)20-6-4-3-5-7-20/h3-13,18,22,31H,14-17H2,1-2H3,(H,32,35)(H,33,36). The number of piperidine rings is 1. The van der Waals surface area contributed by atoms with Crippen LogP contribution in [0.1, 0.15) is 42.1 Å². The van der Waals surface area contributed by atoms with Gasteiger partial charge in [-0.05, 0) is 73.5 Å². The van der Waals surface area contributed by atoms with Gasteiger partial charge in [-0.3, -0.25) is 9.59 Å². The van der Waals surface area contributed by atoms with Crippen LogP contribution in [0.15, 0.2) is 77.2 Å². The van der Waals surface area contributed by atoms with Crippen molar-refractivity contribution in [3.05, 3.63) is 84.4 Å². The van der Waals surface area contributed by atoms with Crippen molar-refractivity contribution in [3.8, 4) is 28.2 Å². The Balaban J connectivity index is 1.50. The number of anilines is 2. The number of methoxy groups -OCH3 is 1. The molecule has 2 heterocycles. The van der Waals surface area contributed by atoms with Gasteiger partial charge in [-0.15, -0.1) is 0 Å². The summed E-state index contributed by atoms with van der Waals surface area (Å²) < 4.78 is 11.8. The summed E-state index contributed by atoms with van der Waals surface area (Å²) in [5, 5.41) is 9.10. The van der Waals surface area contributed by atoms with Gasteiger partial charge in [0.1, 0.15) is 5.75 Å². The lowest BCUT2D eigenvalue weighted by atomic mass is 9.98. The average molecular weight is 511 g/mol. The summed E-state index contributed by atoms with van der Waals surface area (Å²) in [5.41, 5.74) is 4.08. The number of aromatic nitrogens is 1. The summed E-state index contributed by atoms with van der Waals surface area (Å²) in [6.07, 6.45) is 1.77. The molecule has 1 fully saturated rings. The van der Waals surface area contributed by atoms with Crippen molar-refractivity contribution in [1.29, 1.82) is 0 Å². The molecule has 5 rings (SSSR count). The Hall–Kier alpha value is -4.43. The summed E-state index contributed by atoms with van der Waals surface area (Å²) in [6, 6.07) is 22.8. The summed E-state index contributed by atoms with van der Waals surface area (Å²) in [4.78, 5) is 29.8. The molecule has 0 spiro atoms. The monoisotopic (exact) mass is 510 g/mol.